The van der Waals surface area contributed by atoms with E-state index in [4.69, 9.17) is 10.2 Å². The van der Waals surface area contributed by atoms with Crippen molar-refractivity contribution in [1.29, 1.82) is 0 Å². The van der Waals surface area contributed by atoms with Gasteiger partial charge in [0.2, 0.25) is 0 Å². The number of rotatable bonds is 5. The first-order valence-corrected chi connectivity index (χ1v) is 5.31. The molecule has 0 aliphatic heterocycles. The van der Waals surface area contributed by atoms with E-state index < -0.39 is 6.10 Å². The highest BCUT2D eigenvalue weighted by molar-refractivity contribution is 9.09. The minimum atomic E-state index is -0.593. The molecule has 0 bridgehead atoms. The highest BCUT2D eigenvalue weighted by atomic mass is 79.9. The maximum Gasteiger partial charge on any atom is 0.0867 e. The van der Waals surface area contributed by atoms with Gasteiger partial charge in [0.25, 0.3) is 0 Å². The molecule has 1 unspecified atom stereocenters. The quantitative estimate of drug-likeness (QED) is 0.565. The fraction of sp³-hybridized carbons (Fsp3) is 0.778. The molecular weight excluding hydrogens is 234 g/mol. The van der Waals surface area contributed by atoms with Crippen LogP contribution in [-0.4, -0.2) is 53.8 Å². The van der Waals surface area contributed by atoms with Gasteiger partial charge in [-0.15, -0.1) is 6.58 Å². The van der Waals surface area contributed by atoms with Crippen molar-refractivity contribution in [2.24, 2.45) is 0 Å². The lowest BCUT2D eigenvalue weighted by Crippen LogP contribution is -2.12. The van der Waals surface area contributed by atoms with Crippen molar-refractivity contribution in [2.75, 3.05) is 32.6 Å². The third-order valence-corrected chi connectivity index (χ3v) is 1.92. The van der Waals surface area contributed by atoms with Gasteiger partial charge in [-0.2, -0.15) is 0 Å². The Morgan fingerprint density at radius 2 is 2.08 bits per heavy atom. The second kappa shape index (κ2) is 12.1. The van der Waals surface area contributed by atoms with E-state index in [1.807, 2.05) is 6.08 Å². The molecular formula is C9H20BrNO2. The van der Waals surface area contributed by atoms with Crippen LogP contribution in [0, 0.1) is 0 Å². The Balaban J connectivity index is 0. The van der Waals surface area contributed by atoms with Crippen LogP contribution in [-0.2, 0) is 0 Å². The van der Waals surface area contributed by atoms with Gasteiger partial charge in [-0.05, 0) is 20.5 Å². The molecule has 1 atom stereocenters. The van der Waals surface area contributed by atoms with E-state index in [0.29, 0.717) is 5.33 Å². The van der Waals surface area contributed by atoms with Gasteiger partial charge in [-0.3, -0.25) is 0 Å². The molecule has 0 aliphatic rings. The van der Waals surface area contributed by atoms with Gasteiger partial charge in [-0.1, -0.05) is 22.0 Å². The summed E-state index contributed by atoms with van der Waals surface area (Å²) in [5.74, 6) is 0. The fourth-order valence-corrected chi connectivity index (χ4v) is 0.603. The maximum absolute atomic E-state index is 8.37. The summed E-state index contributed by atoms with van der Waals surface area (Å²) in [6.45, 7) is 4.56. The normalized spacial score (nSPS) is 11.8. The number of alkyl halides is 1. The molecule has 0 saturated heterocycles. The summed E-state index contributed by atoms with van der Waals surface area (Å²) in [5.41, 5.74) is 0. The van der Waals surface area contributed by atoms with Crippen LogP contribution in [0.3, 0.4) is 0 Å². The van der Waals surface area contributed by atoms with Gasteiger partial charge in [0.1, 0.15) is 0 Å². The SMILES string of the molecule is C=CCCN(C)C.OCC(O)CBr. The van der Waals surface area contributed by atoms with Crippen LogP contribution in [0.5, 0.6) is 0 Å². The van der Waals surface area contributed by atoms with Gasteiger partial charge in [0.05, 0.1) is 12.7 Å². The predicted octanol–water partition coefficient (Wildman–Crippen LogP) is 0.859. The number of halogens is 1. The Morgan fingerprint density at radius 1 is 1.54 bits per heavy atom. The molecule has 0 radical (unpaired) electrons. The molecule has 0 fully saturated rings. The van der Waals surface area contributed by atoms with E-state index in [1.165, 1.54) is 0 Å². The fourth-order valence-electron chi connectivity index (χ4n) is 0.398. The maximum atomic E-state index is 8.37. The molecule has 0 aliphatic carbocycles. The van der Waals surface area contributed by atoms with E-state index in [9.17, 15) is 0 Å². The minimum Gasteiger partial charge on any atom is -0.394 e. The predicted molar refractivity (Wildman–Crippen MR) is 60.3 cm³/mol. The number of aliphatic hydroxyl groups is 2. The first kappa shape index (κ1) is 15.6. The van der Waals surface area contributed by atoms with Crippen LogP contribution >= 0.6 is 15.9 Å². The zero-order chi connectivity index (χ0) is 10.7. The number of hydrogen-bond acceptors (Lipinski definition) is 3. The smallest absolute Gasteiger partial charge is 0.0867 e. The van der Waals surface area contributed by atoms with Crippen LogP contribution in [0.1, 0.15) is 6.42 Å². The van der Waals surface area contributed by atoms with Gasteiger partial charge in [-0.25, -0.2) is 0 Å². The minimum absolute atomic E-state index is 0.161. The van der Waals surface area contributed by atoms with Crippen LogP contribution in [0.4, 0.5) is 0 Å². The Morgan fingerprint density at radius 3 is 2.15 bits per heavy atom. The molecule has 13 heavy (non-hydrogen) atoms. The summed E-state index contributed by atoms with van der Waals surface area (Å²) in [7, 11) is 4.12. The Labute approximate surface area is 89.2 Å². The number of aliphatic hydroxyl groups excluding tert-OH is 2. The van der Waals surface area contributed by atoms with Crippen molar-refractivity contribution in [3.63, 3.8) is 0 Å². The zero-order valence-electron chi connectivity index (χ0n) is 8.41. The summed E-state index contributed by atoms with van der Waals surface area (Å²) in [6.07, 6.45) is 2.43. The van der Waals surface area contributed by atoms with Crippen LogP contribution in [0.25, 0.3) is 0 Å². The van der Waals surface area contributed by atoms with Crippen molar-refractivity contribution in [2.45, 2.75) is 12.5 Å². The van der Waals surface area contributed by atoms with Crippen molar-refractivity contribution >= 4 is 15.9 Å². The average Bonchev–Trinajstić information content (AvgIpc) is 2.14. The molecule has 2 N–H and O–H groups in total. The number of nitrogens with zero attached hydrogens (tertiary/aromatic N) is 1. The van der Waals surface area contributed by atoms with Crippen molar-refractivity contribution in [3.05, 3.63) is 12.7 Å². The van der Waals surface area contributed by atoms with E-state index in [2.05, 4.69) is 41.5 Å². The third kappa shape index (κ3) is 18.8. The number of hydrogen-bond donors (Lipinski definition) is 2. The first-order chi connectivity index (χ1) is 6.08. The topological polar surface area (TPSA) is 43.7 Å². The second-order valence-electron chi connectivity index (χ2n) is 2.87. The van der Waals surface area contributed by atoms with Gasteiger partial charge >= 0.3 is 0 Å². The molecule has 0 aromatic carbocycles. The van der Waals surface area contributed by atoms with Gasteiger partial charge in [0.15, 0.2) is 0 Å². The highest BCUT2D eigenvalue weighted by Crippen LogP contribution is 1.85. The first-order valence-electron chi connectivity index (χ1n) is 4.19. The Hall–Kier alpha value is 0.100. The molecule has 80 valence electrons. The zero-order valence-corrected chi connectivity index (χ0v) is 10.00. The summed E-state index contributed by atoms with van der Waals surface area (Å²) in [4.78, 5) is 2.14. The van der Waals surface area contributed by atoms with E-state index >= 15 is 0 Å². The molecule has 0 amide bonds. The molecule has 0 aromatic heterocycles. The van der Waals surface area contributed by atoms with Gasteiger partial charge in [0, 0.05) is 11.9 Å². The lowest BCUT2D eigenvalue weighted by atomic mass is 10.4. The molecule has 0 spiro atoms. The monoisotopic (exact) mass is 253 g/mol. The average molecular weight is 254 g/mol. The lowest BCUT2D eigenvalue weighted by molar-refractivity contribution is 0.114. The lowest BCUT2D eigenvalue weighted by Gasteiger charge is -2.04. The molecule has 0 rings (SSSR count). The molecule has 0 heterocycles. The van der Waals surface area contributed by atoms with Gasteiger partial charge < -0.3 is 15.1 Å². The molecule has 0 saturated carbocycles. The highest BCUT2D eigenvalue weighted by Gasteiger charge is 1.93. The third-order valence-electron chi connectivity index (χ3n) is 1.17. The summed E-state index contributed by atoms with van der Waals surface area (Å²) < 4.78 is 0. The van der Waals surface area contributed by atoms with Crippen LogP contribution in [0.15, 0.2) is 12.7 Å². The Bertz CT molecular complexity index is 106. The molecule has 0 aromatic rings. The Kier molecular flexibility index (Phi) is 14.5. The van der Waals surface area contributed by atoms with Crippen molar-refractivity contribution < 1.29 is 10.2 Å². The summed E-state index contributed by atoms with van der Waals surface area (Å²) in [5, 5.41) is 16.9. The van der Waals surface area contributed by atoms with Crippen LogP contribution < -0.4 is 0 Å². The van der Waals surface area contributed by atoms with Crippen molar-refractivity contribution in [3.8, 4) is 0 Å². The second-order valence-corrected chi connectivity index (χ2v) is 3.52. The summed E-state index contributed by atoms with van der Waals surface area (Å²) in [6, 6.07) is 0. The van der Waals surface area contributed by atoms with Crippen LogP contribution in [0.2, 0.25) is 0 Å². The molecule has 3 nitrogen and oxygen atoms in total. The van der Waals surface area contributed by atoms with E-state index in [1.54, 1.807) is 0 Å². The van der Waals surface area contributed by atoms with E-state index in [0.717, 1.165) is 13.0 Å². The van der Waals surface area contributed by atoms with E-state index in [-0.39, 0.29) is 6.61 Å². The summed E-state index contributed by atoms with van der Waals surface area (Å²) >= 11 is 2.96. The molecule has 4 heteroatoms. The largest absolute Gasteiger partial charge is 0.394 e. The van der Waals surface area contributed by atoms with Crippen molar-refractivity contribution in [1.82, 2.24) is 4.90 Å². The standard InChI is InChI=1S/C6H13N.C3H7BrO2/c1-4-5-6-7(2)3;4-1-3(6)2-5/h4H,1,5-6H2,2-3H3;3,5-6H,1-2H2.